The van der Waals surface area contributed by atoms with Gasteiger partial charge in [0.1, 0.15) is 6.04 Å². The summed E-state index contributed by atoms with van der Waals surface area (Å²) in [6, 6.07) is 11.4. The van der Waals surface area contributed by atoms with E-state index in [1.165, 1.54) is 11.8 Å². The fourth-order valence-corrected chi connectivity index (χ4v) is 5.38. The summed E-state index contributed by atoms with van der Waals surface area (Å²) >= 11 is 7.83. The first-order valence-electron chi connectivity index (χ1n) is 10.2. The highest BCUT2D eigenvalue weighted by molar-refractivity contribution is 7.98. The zero-order valence-electron chi connectivity index (χ0n) is 17.3. The Bertz CT molecular complexity index is 1190. The lowest BCUT2D eigenvalue weighted by Crippen LogP contribution is -2.36. The predicted octanol–water partition coefficient (Wildman–Crippen LogP) is 5.28. The second-order valence-electron chi connectivity index (χ2n) is 8.68. The van der Waals surface area contributed by atoms with Crippen LogP contribution < -0.4 is 5.32 Å². The van der Waals surface area contributed by atoms with E-state index in [2.05, 4.69) is 24.1 Å². The van der Waals surface area contributed by atoms with Crippen LogP contribution in [-0.2, 0) is 10.5 Å². The number of ketones is 1. The van der Waals surface area contributed by atoms with Crippen molar-refractivity contribution in [1.29, 1.82) is 0 Å². The summed E-state index contributed by atoms with van der Waals surface area (Å²) in [5.74, 6) is 1.49. The molecule has 1 aliphatic carbocycles. The number of carbonyl (C=O) groups is 1. The van der Waals surface area contributed by atoms with Crippen LogP contribution in [0, 0.1) is 5.41 Å². The van der Waals surface area contributed by atoms with Crippen molar-refractivity contribution < 1.29 is 4.79 Å². The van der Waals surface area contributed by atoms with Gasteiger partial charge in [-0.3, -0.25) is 9.78 Å². The summed E-state index contributed by atoms with van der Waals surface area (Å²) in [6.07, 6.45) is 4.81. The van der Waals surface area contributed by atoms with Gasteiger partial charge in [-0.25, -0.2) is 4.68 Å². The molecular formula is C23H22ClN5OS. The van der Waals surface area contributed by atoms with Crippen LogP contribution in [0.1, 0.15) is 43.9 Å². The van der Waals surface area contributed by atoms with Crippen molar-refractivity contribution in [2.24, 2.45) is 5.41 Å². The predicted molar refractivity (Wildman–Crippen MR) is 122 cm³/mol. The summed E-state index contributed by atoms with van der Waals surface area (Å²) in [5, 5.41) is 9.56. The number of carbonyl (C=O) groups excluding carboxylic acids is 1. The lowest BCUT2D eigenvalue weighted by atomic mass is 9.73. The van der Waals surface area contributed by atoms with Crippen molar-refractivity contribution >= 4 is 35.1 Å². The average molecular weight is 452 g/mol. The molecule has 0 radical (unpaired) electrons. The van der Waals surface area contributed by atoms with Gasteiger partial charge in [-0.2, -0.15) is 4.98 Å². The standard InChI is InChI=1S/C23H22ClN5OS/c1-23(2)11-17-19(18(30)12-23)20(14-7-9-25-10-8-14)29-21(26-17)27-22(28-29)31-13-15-5-3-4-6-16(15)24/h3-10,20H,11-13H2,1-2H3,(H,26,27,28)/t20-/m0/s1. The summed E-state index contributed by atoms with van der Waals surface area (Å²) in [6.45, 7) is 4.25. The van der Waals surface area contributed by atoms with E-state index in [1.807, 2.05) is 41.1 Å². The number of aromatic nitrogens is 4. The van der Waals surface area contributed by atoms with Gasteiger partial charge in [-0.05, 0) is 41.2 Å². The number of hydrogen-bond donors (Lipinski definition) is 1. The molecule has 8 heteroatoms. The minimum absolute atomic E-state index is 0.0878. The molecule has 2 aliphatic rings. The number of allylic oxidation sites excluding steroid dienone is 2. The van der Waals surface area contributed by atoms with Gasteiger partial charge in [0.25, 0.3) is 0 Å². The van der Waals surface area contributed by atoms with Gasteiger partial charge in [0, 0.05) is 40.9 Å². The molecule has 31 heavy (non-hydrogen) atoms. The minimum atomic E-state index is -0.306. The van der Waals surface area contributed by atoms with Crippen LogP contribution in [0.15, 0.2) is 65.2 Å². The van der Waals surface area contributed by atoms with Gasteiger partial charge in [0.15, 0.2) is 5.78 Å². The van der Waals surface area contributed by atoms with Crippen LogP contribution in [-0.4, -0.2) is 25.5 Å². The lowest BCUT2D eigenvalue weighted by Gasteiger charge is -2.38. The highest BCUT2D eigenvalue weighted by Gasteiger charge is 2.41. The number of fused-ring (bicyclic) bond motifs is 1. The lowest BCUT2D eigenvalue weighted by molar-refractivity contribution is -0.118. The highest BCUT2D eigenvalue weighted by atomic mass is 35.5. The van der Waals surface area contributed by atoms with Crippen LogP contribution in [0.3, 0.4) is 0 Å². The molecular weight excluding hydrogens is 430 g/mol. The van der Waals surface area contributed by atoms with Crippen LogP contribution in [0.2, 0.25) is 5.02 Å². The SMILES string of the molecule is CC1(C)CC(=O)C2=C(C1)Nc1nc(SCc3ccccc3Cl)nn1[C@H]2c1ccncc1. The molecule has 0 fully saturated rings. The molecule has 5 rings (SSSR count). The topological polar surface area (TPSA) is 72.7 Å². The molecule has 1 aromatic carbocycles. The van der Waals surface area contributed by atoms with Crippen LogP contribution >= 0.6 is 23.4 Å². The fourth-order valence-electron chi connectivity index (χ4n) is 4.26. The van der Waals surface area contributed by atoms with Crippen LogP contribution in [0.4, 0.5) is 5.95 Å². The third-order valence-electron chi connectivity index (χ3n) is 5.65. The van der Waals surface area contributed by atoms with E-state index in [1.54, 1.807) is 12.4 Å². The molecule has 0 amide bonds. The van der Waals surface area contributed by atoms with Crippen molar-refractivity contribution in [3.63, 3.8) is 0 Å². The Morgan fingerprint density at radius 2 is 1.97 bits per heavy atom. The smallest absolute Gasteiger partial charge is 0.227 e. The first-order chi connectivity index (χ1) is 14.9. The average Bonchev–Trinajstić information content (AvgIpc) is 3.14. The molecule has 1 atom stereocenters. The Hall–Kier alpha value is -2.64. The zero-order chi connectivity index (χ0) is 21.6. The number of benzene rings is 1. The number of nitrogens with zero attached hydrogens (tertiary/aromatic N) is 4. The van der Waals surface area contributed by atoms with Crippen molar-refractivity contribution in [3.8, 4) is 0 Å². The van der Waals surface area contributed by atoms with Gasteiger partial charge in [-0.15, -0.1) is 5.10 Å². The summed E-state index contributed by atoms with van der Waals surface area (Å²) in [4.78, 5) is 22.1. The summed E-state index contributed by atoms with van der Waals surface area (Å²) < 4.78 is 1.83. The first kappa shape index (κ1) is 20.3. The minimum Gasteiger partial charge on any atom is -0.328 e. The van der Waals surface area contributed by atoms with Gasteiger partial charge in [-0.1, -0.05) is 55.4 Å². The van der Waals surface area contributed by atoms with E-state index in [0.29, 0.717) is 23.3 Å². The number of rotatable bonds is 4. The van der Waals surface area contributed by atoms with Crippen molar-refractivity contribution in [2.45, 2.75) is 43.6 Å². The van der Waals surface area contributed by atoms with Gasteiger partial charge in [0.05, 0.1) is 0 Å². The number of halogens is 1. The van der Waals surface area contributed by atoms with Crippen LogP contribution in [0.25, 0.3) is 0 Å². The Balaban J connectivity index is 1.52. The molecule has 3 heterocycles. The van der Waals surface area contributed by atoms with Crippen LogP contribution in [0.5, 0.6) is 0 Å². The normalized spacial score (nSPS) is 19.6. The van der Waals surface area contributed by atoms with E-state index < -0.39 is 0 Å². The number of Topliss-reactive ketones (excluding diaryl/α,β-unsaturated/α-hetero) is 1. The number of thioether (sulfide) groups is 1. The Morgan fingerprint density at radius 3 is 2.74 bits per heavy atom. The maximum atomic E-state index is 13.2. The second-order valence-corrected chi connectivity index (χ2v) is 10.0. The molecule has 0 spiro atoms. The maximum absolute atomic E-state index is 13.2. The Kier molecular flexibility index (Phi) is 5.10. The molecule has 3 aromatic rings. The maximum Gasteiger partial charge on any atom is 0.227 e. The van der Waals surface area contributed by atoms with Gasteiger partial charge >= 0.3 is 0 Å². The Labute approximate surface area is 190 Å². The highest BCUT2D eigenvalue weighted by Crippen LogP contribution is 2.45. The van der Waals surface area contributed by atoms with E-state index in [4.69, 9.17) is 21.7 Å². The second kappa shape index (κ2) is 7.80. The largest absolute Gasteiger partial charge is 0.328 e. The molecule has 1 aliphatic heterocycles. The quantitative estimate of drug-likeness (QED) is 0.544. The molecule has 0 bridgehead atoms. The zero-order valence-corrected chi connectivity index (χ0v) is 18.9. The van der Waals surface area contributed by atoms with E-state index in [9.17, 15) is 4.79 Å². The molecule has 1 N–H and O–H groups in total. The summed E-state index contributed by atoms with van der Waals surface area (Å²) in [7, 11) is 0. The molecule has 0 unspecified atom stereocenters. The third-order valence-corrected chi connectivity index (χ3v) is 6.90. The molecule has 2 aromatic heterocycles. The molecule has 0 saturated heterocycles. The van der Waals surface area contributed by atoms with Gasteiger partial charge in [0.2, 0.25) is 11.1 Å². The van der Waals surface area contributed by atoms with E-state index in [0.717, 1.165) is 33.8 Å². The van der Waals surface area contributed by atoms with Crippen molar-refractivity contribution in [1.82, 2.24) is 19.7 Å². The van der Waals surface area contributed by atoms with Gasteiger partial charge < -0.3 is 5.32 Å². The van der Waals surface area contributed by atoms with Crippen molar-refractivity contribution in [2.75, 3.05) is 5.32 Å². The van der Waals surface area contributed by atoms with E-state index in [-0.39, 0.29) is 17.2 Å². The number of nitrogens with one attached hydrogen (secondary N) is 1. The number of pyridine rings is 1. The monoisotopic (exact) mass is 451 g/mol. The molecule has 6 nitrogen and oxygen atoms in total. The van der Waals surface area contributed by atoms with Crippen molar-refractivity contribution in [3.05, 3.63) is 76.2 Å². The molecule has 0 saturated carbocycles. The number of hydrogen-bond acceptors (Lipinski definition) is 6. The van der Waals surface area contributed by atoms with E-state index >= 15 is 0 Å². The summed E-state index contributed by atoms with van der Waals surface area (Å²) in [5.41, 5.74) is 3.66. The molecule has 158 valence electrons. The first-order valence-corrected chi connectivity index (χ1v) is 11.5. The third kappa shape index (κ3) is 3.88. The number of anilines is 1. The Morgan fingerprint density at radius 1 is 1.19 bits per heavy atom. The fraction of sp³-hybridized carbons (Fsp3) is 0.304.